The topological polar surface area (TPSA) is 76.0 Å². The number of ether oxygens (including phenoxy) is 2. The molecule has 4 atom stereocenters. The summed E-state index contributed by atoms with van der Waals surface area (Å²) in [6.45, 7) is 2.15. The second kappa shape index (κ2) is 12.7. The summed E-state index contributed by atoms with van der Waals surface area (Å²) in [5.41, 5.74) is 0. The average Bonchev–Trinajstić information content (AvgIpc) is 2.95. The maximum absolute atomic E-state index is 11.0. The van der Waals surface area contributed by atoms with Crippen molar-refractivity contribution in [3.05, 3.63) is 0 Å². The molecule has 1 fully saturated rings. The summed E-state index contributed by atoms with van der Waals surface area (Å²) in [5, 5.41) is 20.3. The minimum absolute atomic E-state index is 0.133. The molecule has 0 amide bonds. The molecule has 2 N–H and O–H groups in total. The fourth-order valence-electron chi connectivity index (χ4n) is 3.31. The summed E-state index contributed by atoms with van der Waals surface area (Å²) in [7, 11) is 1.42. The molecule has 142 valence electrons. The van der Waals surface area contributed by atoms with Gasteiger partial charge in [0.15, 0.2) is 0 Å². The van der Waals surface area contributed by atoms with Crippen LogP contribution in [0.1, 0.15) is 84.0 Å². The number of carbonyl (C=O) groups excluding carboxylic acids is 1. The Kier molecular flexibility index (Phi) is 11.3. The molecule has 0 radical (unpaired) electrons. The molecule has 5 heteroatoms. The van der Waals surface area contributed by atoms with Crippen molar-refractivity contribution < 1.29 is 24.5 Å². The SMILES string of the molecule is CCCCC[C@H](O)[C@H]1C[C@@H](O)[C@H](CCCCCCCC(=O)OC)O1. The van der Waals surface area contributed by atoms with Crippen LogP contribution in [0.15, 0.2) is 0 Å². The van der Waals surface area contributed by atoms with E-state index in [4.69, 9.17) is 4.74 Å². The van der Waals surface area contributed by atoms with Crippen LogP contribution in [0.4, 0.5) is 0 Å². The highest BCUT2D eigenvalue weighted by molar-refractivity contribution is 5.68. The quantitative estimate of drug-likeness (QED) is 0.396. The van der Waals surface area contributed by atoms with Gasteiger partial charge in [-0.25, -0.2) is 0 Å². The zero-order valence-electron chi connectivity index (χ0n) is 15.4. The van der Waals surface area contributed by atoms with Crippen molar-refractivity contribution >= 4 is 5.97 Å². The molecule has 24 heavy (non-hydrogen) atoms. The van der Waals surface area contributed by atoms with Crippen molar-refractivity contribution in [3.8, 4) is 0 Å². The van der Waals surface area contributed by atoms with E-state index in [2.05, 4.69) is 11.7 Å². The number of aliphatic hydroxyl groups is 2. The van der Waals surface area contributed by atoms with E-state index >= 15 is 0 Å². The van der Waals surface area contributed by atoms with Crippen molar-refractivity contribution in [3.63, 3.8) is 0 Å². The van der Waals surface area contributed by atoms with Crippen LogP contribution in [-0.2, 0) is 14.3 Å². The number of hydrogen-bond acceptors (Lipinski definition) is 5. The predicted molar refractivity (Wildman–Crippen MR) is 93.8 cm³/mol. The van der Waals surface area contributed by atoms with Crippen LogP contribution in [0, 0.1) is 0 Å². The first kappa shape index (κ1) is 21.4. The van der Waals surface area contributed by atoms with E-state index in [1.54, 1.807) is 0 Å². The van der Waals surface area contributed by atoms with E-state index < -0.39 is 12.2 Å². The molecule has 1 aliphatic heterocycles. The Morgan fingerprint density at radius 1 is 1.17 bits per heavy atom. The van der Waals surface area contributed by atoms with Gasteiger partial charge in [0.05, 0.1) is 31.5 Å². The zero-order valence-corrected chi connectivity index (χ0v) is 15.4. The first-order chi connectivity index (χ1) is 11.6. The fourth-order valence-corrected chi connectivity index (χ4v) is 3.31. The van der Waals surface area contributed by atoms with E-state index in [-0.39, 0.29) is 18.2 Å². The summed E-state index contributed by atoms with van der Waals surface area (Å²) in [6, 6.07) is 0. The third-order valence-corrected chi connectivity index (χ3v) is 4.88. The van der Waals surface area contributed by atoms with Crippen LogP contribution in [-0.4, -0.2) is 47.7 Å². The van der Waals surface area contributed by atoms with Gasteiger partial charge in [-0.15, -0.1) is 0 Å². The van der Waals surface area contributed by atoms with Gasteiger partial charge < -0.3 is 19.7 Å². The number of esters is 1. The van der Waals surface area contributed by atoms with Gasteiger partial charge in [-0.3, -0.25) is 4.79 Å². The second-order valence-electron chi connectivity index (χ2n) is 6.96. The lowest BCUT2D eigenvalue weighted by Crippen LogP contribution is -2.26. The molecule has 0 aromatic heterocycles. The van der Waals surface area contributed by atoms with E-state index in [0.29, 0.717) is 12.8 Å². The molecule has 5 nitrogen and oxygen atoms in total. The standard InChI is InChI=1S/C19H36O5/c1-3-4-8-11-15(20)18-14-16(21)17(24-18)12-9-6-5-7-10-13-19(22)23-2/h15-18,20-21H,3-14H2,1-2H3/t15-,16+,17-,18+/m0/s1. The third-order valence-electron chi connectivity index (χ3n) is 4.88. The molecule has 1 saturated heterocycles. The van der Waals surface area contributed by atoms with Gasteiger partial charge in [-0.2, -0.15) is 0 Å². The number of methoxy groups -OCH3 is 1. The minimum Gasteiger partial charge on any atom is -0.469 e. The number of carbonyl (C=O) groups is 1. The Bertz CT molecular complexity index is 334. The van der Waals surface area contributed by atoms with E-state index in [9.17, 15) is 15.0 Å². The summed E-state index contributed by atoms with van der Waals surface area (Å²) in [5.74, 6) is -0.138. The Balaban J connectivity index is 2.08. The smallest absolute Gasteiger partial charge is 0.305 e. The molecular formula is C19H36O5. The fraction of sp³-hybridized carbons (Fsp3) is 0.947. The van der Waals surface area contributed by atoms with Gasteiger partial charge in [0.1, 0.15) is 0 Å². The molecule has 0 spiro atoms. The zero-order chi connectivity index (χ0) is 17.8. The Morgan fingerprint density at radius 3 is 2.58 bits per heavy atom. The van der Waals surface area contributed by atoms with Crippen LogP contribution in [0.5, 0.6) is 0 Å². The molecule has 1 heterocycles. The molecule has 0 bridgehead atoms. The molecular weight excluding hydrogens is 308 g/mol. The van der Waals surface area contributed by atoms with Crippen LogP contribution in [0.3, 0.4) is 0 Å². The maximum Gasteiger partial charge on any atom is 0.305 e. The second-order valence-corrected chi connectivity index (χ2v) is 6.96. The summed E-state index contributed by atoms with van der Waals surface area (Å²) >= 11 is 0. The molecule has 0 unspecified atom stereocenters. The van der Waals surface area contributed by atoms with Crippen LogP contribution in [0.2, 0.25) is 0 Å². The van der Waals surface area contributed by atoms with Gasteiger partial charge in [-0.05, 0) is 19.3 Å². The highest BCUT2D eigenvalue weighted by Crippen LogP contribution is 2.28. The number of rotatable bonds is 13. The van der Waals surface area contributed by atoms with Gasteiger partial charge in [0.2, 0.25) is 0 Å². The summed E-state index contributed by atoms with van der Waals surface area (Å²) in [4.78, 5) is 11.0. The van der Waals surface area contributed by atoms with Gasteiger partial charge in [-0.1, -0.05) is 51.9 Å². The molecule has 0 aliphatic carbocycles. The largest absolute Gasteiger partial charge is 0.469 e. The Morgan fingerprint density at radius 2 is 1.88 bits per heavy atom. The van der Waals surface area contributed by atoms with Crippen molar-refractivity contribution in [2.24, 2.45) is 0 Å². The highest BCUT2D eigenvalue weighted by Gasteiger charge is 2.36. The number of aliphatic hydroxyl groups excluding tert-OH is 2. The normalized spacial score (nSPS) is 24.9. The third kappa shape index (κ3) is 8.45. The minimum atomic E-state index is -0.450. The Hall–Kier alpha value is -0.650. The molecule has 0 saturated carbocycles. The van der Waals surface area contributed by atoms with Crippen molar-refractivity contribution in [1.82, 2.24) is 0 Å². The first-order valence-corrected chi connectivity index (χ1v) is 9.66. The first-order valence-electron chi connectivity index (χ1n) is 9.66. The number of unbranched alkanes of at least 4 members (excludes halogenated alkanes) is 6. The predicted octanol–water partition coefficient (Wildman–Crippen LogP) is 3.35. The number of hydrogen-bond donors (Lipinski definition) is 2. The monoisotopic (exact) mass is 344 g/mol. The lowest BCUT2D eigenvalue weighted by molar-refractivity contribution is -0.140. The van der Waals surface area contributed by atoms with Crippen molar-refractivity contribution in [2.45, 2.75) is 108 Å². The van der Waals surface area contributed by atoms with Gasteiger partial charge in [0.25, 0.3) is 0 Å². The molecule has 1 aliphatic rings. The van der Waals surface area contributed by atoms with Crippen LogP contribution < -0.4 is 0 Å². The van der Waals surface area contributed by atoms with E-state index in [1.807, 2.05) is 0 Å². The average molecular weight is 344 g/mol. The van der Waals surface area contributed by atoms with E-state index in [1.165, 1.54) is 7.11 Å². The summed E-state index contributed by atoms with van der Waals surface area (Å²) < 4.78 is 10.5. The molecule has 1 rings (SSSR count). The van der Waals surface area contributed by atoms with Gasteiger partial charge >= 0.3 is 5.97 Å². The van der Waals surface area contributed by atoms with E-state index in [0.717, 1.165) is 64.2 Å². The lowest BCUT2D eigenvalue weighted by Gasteiger charge is -2.19. The van der Waals surface area contributed by atoms with Crippen molar-refractivity contribution in [2.75, 3.05) is 7.11 Å². The molecule has 0 aromatic carbocycles. The molecule has 0 aromatic rings. The van der Waals surface area contributed by atoms with Crippen LogP contribution in [0.25, 0.3) is 0 Å². The maximum atomic E-state index is 11.0. The van der Waals surface area contributed by atoms with Crippen LogP contribution >= 0.6 is 0 Å². The van der Waals surface area contributed by atoms with Crippen molar-refractivity contribution in [1.29, 1.82) is 0 Å². The summed E-state index contributed by atoms with van der Waals surface area (Å²) in [6.07, 6.45) is 9.79. The lowest BCUT2D eigenvalue weighted by atomic mass is 10.0. The highest BCUT2D eigenvalue weighted by atomic mass is 16.5. The Labute approximate surface area is 146 Å². The van der Waals surface area contributed by atoms with Gasteiger partial charge in [0, 0.05) is 12.8 Å².